The van der Waals surface area contributed by atoms with Gasteiger partial charge in [0.15, 0.2) is 0 Å². The van der Waals surface area contributed by atoms with Crippen molar-refractivity contribution in [3.8, 4) is 0 Å². The molecule has 3 aliphatic carbocycles. The summed E-state index contributed by atoms with van der Waals surface area (Å²) in [5.74, 6) is 5.79. The van der Waals surface area contributed by atoms with E-state index in [-0.39, 0.29) is 0 Å². The zero-order valence-corrected chi connectivity index (χ0v) is 7.42. The number of hydrogen-bond donors (Lipinski definition) is 0. The molecule has 0 aromatic rings. The van der Waals surface area contributed by atoms with Gasteiger partial charge in [-0.1, -0.05) is 13.3 Å². The van der Waals surface area contributed by atoms with E-state index in [1.54, 1.807) is 32.1 Å². The highest BCUT2D eigenvalue weighted by atomic mass is 14.6. The average Bonchev–Trinajstić information content (AvgIpc) is 2.52. The maximum absolute atomic E-state index is 2.49. The first kappa shape index (κ1) is 6.51. The van der Waals surface area contributed by atoms with Crippen molar-refractivity contribution < 1.29 is 0 Å². The molecule has 0 heterocycles. The number of fused-ring (bicyclic) bond motifs is 5. The smallest absolute Gasteiger partial charge is 0.0352 e. The van der Waals surface area contributed by atoms with Gasteiger partial charge in [-0.05, 0) is 55.3 Å². The molecular formula is C11H18. The van der Waals surface area contributed by atoms with Gasteiger partial charge in [-0.15, -0.1) is 0 Å². The van der Waals surface area contributed by atoms with E-state index in [4.69, 9.17) is 0 Å². The van der Waals surface area contributed by atoms with Crippen LogP contribution in [-0.2, 0) is 0 Å². The predicted molar refractivity (Wildman–Crippen MR) is 46.2 cm³/mol. The SMILES string of the molecule is CC1CC2C[C@@H]1C1CCCC21. The van der Waals surface area contributed by atoms with Crippen LogP contribution in [0.2, 0.25) is 0 Å². The van der Waals surface area contributed by atoms with Crippen molar-refractivity contribution >= 4 is 0 Å². The van der Waals surface area contributed by atoms with Gasteiger partial charge < -0.3 is 0 Å². The Kier molecular flexibility index (Phi) is 1.20. The molecule has 0 amide bonds. The van der Waals surface area contributed by atoms with Crippen LogP contribution in [0.25, 0.3) is 0 Å². The third-order valence-corrected chi connectivity index (χ3v) is 4.76. The van der Waals surface area contributed by atoms with Crippen LogP contribution < -0.4 is 0 Å². The fourth-order valence-corrected chi connectivity index (χ4v) is 4.41. The summed E-state index contributed by atoms with van der Waals surface area (Å²) < 4.78 is 0. The van der Waals surface area contributed by atoms with Crippen LogP contribution in [0.1, 0.15) is 39.0 Å². The van der Waals surface area contributed by atoms with Crippen LogP contribution in [-0.4, -0.2) is 0 Å². The van der Waals surface area contributed by atoms with E-state index in [0.29, 0.717) is 0 Å². The third kappa shape index (κ3) is 0.711. The van der Waals surface area contributed by atoms with E-state index in [0.717, 1.165) is 11.8 Å². The van der Waals surface area contributed by atoms with Crippen molar-refractivity contribution in [2.75, 3.05) is 0 Å². The second kappa shape index (κ2) is 2.02. The molecule has 3 aliphatic rings. The molecule has 0 N–H and O–H groups in total. The summed E-state index contributed by atoms with van der Waals surface area (Å²) >= 11 is 0. The summed E-state index contributed by atoms with van der Waals surface area (Å²) in [7, 11) is 0. The monoisotopic (exact) mass is 150 g/mol. The number of rotatable bonds is 0. The van der Waals surface area contributed by atoms with Gasteiger partial charge in [-0.3, -0.25) is 0 Å². The van der Waals surface area contributed by atoms with Crippen molar-refractivity contribution in [3.63, 3.8) is 0 Å². The zero-order chi connectivity index (χ0) is 7.42. The number of hydrogen-bond acceptors (Lipinski definition) is 0. The molecule has 62 valence electrons. The zero-order valence-electron chi connectivity index (χ0n) is 7.42. The highest BCUT2D eigenvalue weighted by molar-refractivity contribution is 5.01. The minimum Gasteiger partial charge on any atom is -0.0622 e. The summed E-state index contributed by atoms with van der Waals surface area (Å²) in [4.78, 5) is 0. The van der Waals surface area contributed by atoms with Crippen molar-refractivity contribution in [2.24, 2.45) is 29.6 Å². The molecular weight excluding hydrogens is 132 g/mol. The van der Waals surface area contributed by atoms with Gasteiger partial charge in [0.25, 0.3) is 0 Å². The highest BCUT2D eigenvalue weighted by Crippen LogP contribution is 2.60. The Bertz CT molecular complexity index is 173. The second-order valence-corrected chi connectivity index (χ2v) is 5.13. The Morgan fingerprint density at radius 2 is 1.73 bits per heavy atom. The molecule has 2 bridgehead atoms. The van der Waals surface area contributed by atoms with E-state index in [2.05, 4.69) is 6.92 Å². The van der Waals surface area contributed by atoms with E-state index < -0.39 is 0 Å². The summed E-state index contributed by atoms with van der Waals surface area (Å²) in [5.41, 5.74) is 0. The van der Waals surface area contributed by atoms with Gasteiger partial charge in [0, 0.05) is 0 Å². The van der Waals surface area contributed by atoms with Gasteiger partial charge in [0.2, 0.25) is 0 Å². The summed E-state index contributed by atoms with van der Waals surface area (Å²) in [5, 5.41) is 0. The van der Waals surface area contributed by atoms with E-state index >= 15 is 0 Å². The van der Waals surface area contributed by atoms with Gasteiger partial charge in [0.1, 0.15) is 0 Å². The Balaban J connectivity index is 1.90. The molecule has 0 radical (unpaired) electrons. The van der Waals surface area contributed by atoms with Crippen molar-refractivity contribution in [3.05, 3.63) is 0 Å². The molecule has 0 aromatic heterocycles. The molecule has 3 saturated carbocycles. The fourth-order valence-electron chi connectivity index (χ4n) is 4.41. The minimum atomic E-state index is 1.08. The van der Waals surface area contributed by atoms with Crippen molar-refractivity contribution in [1.82, 2.24) is 0 Å². The van der Waals surface area contributed by atoms with Crippen LogP contribution >= 0.6 is 0 Å². The standard InChI is InChI=1S/C11H18/c1-7-5-8-6-11(7)10-4-2-3-9(8)10/h7-11H,2-6H2,1H3/t7?,8?,9?,10?,11-/m0/s1. The molecule has 0 heteroatoms. The lowest BCUT2D eigenvalue weighted by Crippen LogP contribution is -2.22. The summed E-state index contributed by atoms with van der Waals surface area (Å²) in [6.45, 7) is 2.49. The Labute approximate surface area is 69.4 Å². The average molecular weight is 150 g/mol. The molecule has 0 aliphatic heterocycles. The molecule has 4 unspecified atom stereocenters. The Morgan fingerprint density at radius 3 is 2.64 bits per heavy atom. The highest BCUT2D eigenvalue weighted by Gasteiger charge is 2.52. The molecule has 0 nitrogen and oxygen atoms in total. The van der Waals surface area contributed by atoms with E-state index in [9.17, 15) is 0 Å². The lowest BCUT2D eigenvalue weighted by molar-refractivity contribution is 0.201. The molecule has 0 aromatic carbocycles. The van der Waals surface area contributed by atoms with Crippen molar-refractivity contribution in [2.45, 2.75) is 39.0 Å². The van der Waals surface area contributed by atoms with Crippen LogP contribution in [0.3, 0.4) is 0 Å². The molecule has 5 atom stereocenters. The van der Waals surface area contributed by atoms with Crippen LogP contribution in [0.15, 0.2) is 0 Å². The van der Waals surface area contributed by atoms with Crippen LogP contribution in [0.4, 0.5) is 0 Å². The molecule has 0 saturated heterocycles. The van der Waals surface area contributed by atoms with Gasteiger partial charge in [0.05, 0.1) is 0 Å². The molecule has 11 heavy (non-hydrogen) atoms. The second-order valence-electron chi connectivity index (χ2n) is 5.13. The minimum absolute atomic E-state index is 1.08. The first-order valence-corrected chi connectivity index (χ1v) is 5.36. The maximum atomic E-state index is 2.49. The first-order valence-electron chi connectivity index (χ1n) is 5.36. The van der Waals surface area contributed by atoms with Gasteiger partial charge in [-0.2, -0.15) is 0 Å². The predicted octanol–water partition coefficient (Wildman–Crippen LogP) is 3.08. The molecule has 0 spiro atoms. The summed E-state index contributed by atoms with van der Waals surface area (Å²) in [6, 6.07) is 0. The van der Waals surface area contributed by atoms with Crippen LogP contribution in [0.5, 0.6) is 0 Å². The van der Waals surface area contributed by atoms with Gasteiger partial charge >= 0.3 is 0 Å². The largest absolute Gasteiger partial charge is 0.0622 e. The molecule has 3 fully saturated rings. The third-order valence-electron chi connectivity index (χ3n) is 4.76. The van der Waals surface area contributed by atoms with Crippen molar-refractivity contribution in [1.29, 1.82) is 0 Å². The Hall–Kier alpha value is 0. The van der Waals surface area contributed by atoms with E-state index in [1.807, 2.05) is 0 Å². The van der Waals surface area contributed by atoms with E-state index in [1.165, 1.54) is 17.8 Å². The summed E-state index contributed by atoms with van der Waals surface area (Å²) in [6.07, 6.45) is 7.89. The van der Waals surface area contributed by atoms with Gasteiger partial charge in [-0.25, -0.2) is 0 Å². The topological polar surface area (TPSA) is 0 Å². The quantitative estimate of drug-likeness (QED) is 0.498. The lowest BCUT2D eigenvalue weighted by atomic mass is 9.77. The molecule has 3 rings (SSSR count). The normalized spacial score (nSPS) is 60.3. The first-order chi connectivity index (χ1) is 5.36. The lowest BCUT2D eigenvalue weighted by Gasteiger charge is -2.29. The Morgan fingerprint density at radius 1 is 0.909 bits per heavy atom. The maximum Gasteiger partial charge on any atom is -0.0352 e. The fraction of sp³-hybridized carbons (Fsp3) is 1.00. The van der Waals surface area contributed by atoms with Crippen LogP contribution in [0, 0.1) is 29.6 Å².